The molecule has 24 heavy (non-hydrogen) atoms. The summed E-state index contributed by atoms with van der Waals surface area (Å²) < 4.78 is 5.29. The highest BCUT2D eigenvalue weighted by Gasteiger charge is 2.46. The first-order chi connectivity index (χ1) is 11.5. The molecular weight excluding hydrogens is 306 g/mol. The highest BCUT2D eigenvalue weighted by atomic mass is 16.3. The molecule has 7 nitrogen and oxygen atoms in total. The molecule has 1 amide bonds. The molecule has 0 unspecified atom stereocenters. The standard InChI is InChI=1S/C17H23N5O2/c1-9(2)15-19-16(21-20-15)13-7-22(6-12(13)11-4-5-11)17(23)14-10(3)18-8-24-14/h8-9,11-13H,4-7H2,1-3H3,(H,19,20,21)/t12-,13+/m1/s1. The topological polar surface area (TPSA) is 87.9 Å². The second kappa shape index (κ2) is 5.72. The number of carbonyl (C=O) groups excluding carboxylic acids is 1. The van der Waals surface area contributed by atoms with Gasteiger partial charge in [-0.2, -0.15) is 5.10 Å². The lowest BCUT2D eigenvalue weighted by Gasteiger charge is -2.14. The lowest BCUT2D eigenvalue weighted by atomic mass is 9.91. The number of oxazole rings is 1. The molecule has 2 fully saturated rings. The third kappa shape index (κ3) is 2.61. The van der Waals surface area contributed by atoms with Gasteiger partial charge in [-0.1, -0.05) is 13.8 Å². The first-order valence-corrected chi connectivity index (χ1v) is 8.66. The fourth-order valence-electron chi connectivity index (χ4n) is 3.65. The highest BCUT2D eigenvalue weighted by molar-refractivity contribution is 5.92. The van der Waals surface area contributed by atoms with Crippen LogP contribution in [0, 0.1) is 18.8 Å². The van der Waals surface area contributed by atoms with Gasteiger partial charge in [-0.3, -0.25) is 9.89 Å². The van der Waals surface area contributed by atoms with Crippen LogP contribution in [0.3, 0.4) is 0 Å². The van der Waals surface area contributed by atoms with Gasteiger partial charge in [0.1, 0.15) is 5.82 Å². The number of hydrogen-bond donors (Lipinski definition) is 1. The maximum Gasteiger partial charge on any atom is 0.291 e. The summed E-state index contributed by atoms with van der Waals surface area (Å²) in [6.45, 7) is 7.39. The van der Waals surface area contributed by atoms with E-state index in [9.17, 15) is 4.79 Å². The van der Waals surface area contributed by atoms with E-state index in [4.69, 9.17) is 4.42 Å². The molecule has 3 heterocycles. The van der Waals surface area contributed by atoms with E-state index in [2.05, 4.69) is 34.0 Å². The van der Waals surface area contributed by atoms with E-state index in [-0.39, 0.29) is 11.8 Å². The largest absolute Gasteiger partial charge is 0.438 e. The average molecular weight is 329 g/mol. The predicted molar refractivity (Wildman–Crippen MR) is 86.6 cm³/mol. The average Bonchev–Trinajstić information content (AvgIpc) is 2.99. The number of H-pyrrole nitrogens is 1. The fraction of sp³-hybridized carbons (Fsp3) is 0.647. The van der Waals surface area contributed by atoms with E-state index in [0.717, 1.165) is 18.2 Å². The molecule has 1 N–H and O–H groups in total. The van der Waals surface area contributed by atoms with Crippen LogP contribution >= 0.6 is 0 Å². The first-order valence-electron chi connectivity index (χ1n) is 8.66. The molecule has 0 spiro atoms. The van der Waals surface area contributed by atoms with Crippen molar-refractivity contribution in [2.45, 2.75) is 45.4 Å². The minimum Gasteiger partial charge on any atom is -0.438 e. The predicted octanol–water partition coefficient (Wildman–Crippen LogP) is 2.49. The molecule has 2 aromatic heterocycles. The third-order valence-corrected chi connectivity index (χ3v) is 5.21. The molecule has 1 aliphatic heterocycles. The number of hydrogen-bond acceptors (Lipinski definition) is 5. The highest BCUT2D eigenvalue weighted by Crippen LogP contribution is 2.47. The Morgan fingerprint density at radius 2 is 2.17 bits per heavy atom. The lowest BCUT2D eigenvalue weighted by Crippen LogP contribution is -2.29. The number of amides is 1. The molecule has 1 saturated carbocycles. The van der Waals surface area contributed by atoms with E-state index < -0.39 is 0 Å². The van der Waals surface area contributed by atoms with Crippen molar-refractivity contribution in [3.8, 4) is 0 Å². The maximum atomic E-state index is 12.8. The van der Waals surface area contributed by atoms with E-state index in [1.165, 1.54) is 19.2 Å². The molecule has 0 radical (unpaired) electrons. The van der Waals surface area contributed by atoms with Gasteiger partial charge < -0.3 is 9.32 Å². The van der Waals surface area contributed by atoms with Gasteiger partial charge in [0.2, 0.25) is 5.76 Å². The second-order valence-corrected chi connectivity index (χ2v) is 7.32. The first kappa shape index (κ1) is 15.4. The normalized spacial score (nSPS) is 24.1. The van der Waals surface area contributed by atoms with Crippen molar-refractivity contribution in [3.63, 3.8) is 0 Å². The zero-order valence-corrected chi connectivity index (χ0v) is 14.3. The quantitative estimate of drug-likeness (QED) is 0.931. The number of nitrogens with one attached hydrogen (secondary N) is 1. The van der Waals surface area contributed by atoms with Gasteiger partial charge in [0.25, 0.3) is 5.91 Å². The Hall–Kier alpha value is -2.18. The number of carbonyl (C=O) groups is 1. The Balaban J connectivity index is 1.57. The molecule has 1 saturated heterocycles. The molecule has 1 aliphatic carbocycles. The Kier molecular flexibility index (Phi) is 3.66. The van der Waals surface area contributed by atoms with Crippen LogP contribution in [0.4, 0.5) is 0 Å². The third-order valence-electron chi connectivity index (χ3n) is 5.21. The number of nitrogens with zero attached hydrogens (tertiary/aromatic N) is 4. The molecular formula is C17H23N5O2. The Bertz CT molecular complexity index is 746. The summed E-state index contributed by atoms with van der Waals surface area (Å²) in [6, 6.07) is 0. The summed E-state index contributed by atoms with van der Waals surface area (Å²) >= 11 is 0. The number of rotatable bonds is 4. The summed E-state index contributed by atoms with van der Waals surface area (Å²) in [4.78, 5) is 23.4. The lowest BCUT2D eigenvalue weighted by molar-refractivity contribution is 0.0752. The van der Waals surface area contributed by atoms with Gasteiger partial charge in [-0.15, -0.1) is 0 Å². The molecule has 0 aromatic carbocycles. The van der Waals surface area contributed by atoms with Crippen molar-refractivity contribution < 1.29 is 9.21 Å². The van der Waals surface area contributed by atoms with Gasteiger partial charge in [0.05, 0.1) is 5.69 Å². The van der Waals surface area contributed by atoms with Crippen molar-refractivity contribution in [1.29, 1.82) is 0 Å². The van der Waals surface area contributed by atoms with Gasteiger partial charge >= 0.3 is 0 Å². The summed E-state index contributed by atoms with van der Waals surface area (Å²) in [6.07, 6.45) is 3.82. The van der Waals surface area contributed by atoms with Crippen LogP contribution in [-0.2, 0) is 0 Å². The summed E-state index contributed by atoms with van der Waals surface area (Å²) in [5.74, 6) is 3.71. The zero-order valence-electron chi connectivity index (χ0n) is 14.3. The van der Waals surface area contributed by atoms with Crippen molar-refractivity contribution in [2.24, 2.45) is 11.8 Å². The molecule has 2 atom stereocenters. The van der Waals surface area contributed by atoms with Gasteiger partial charge in [-0.05, 0) is 31.6 Å². The smallest absolute Gasteiger partial charge is 0.291 e. The molecule has 2 aromatic rings. The number of aromatic amines is 1. The number of likely N-dealkylation sites (tertiary alicyclic amines) is 1. The van der Waals surface area contributed by atoms with Crippen molar-refractivity contribution in [1.82, 2.24) is 25.1 Å². The Labute approximate surface area is 140 Å². The van der Waals surface area contributed by atoms with Crippen molar-refractivity contribution >= 4 is 5.91 Å². The van der Waals surface area contributed by atoms with E-state index in [0.29, 0.717) is 35.8 Å². The molecule has 7 heteroatoms. The Morgan fingerprint density at radius 1 is 1.38 bits per heavy atom. The Morgan fingerprint density at radius 3 is 2.75 bits per heavy atom. The van der Waals surface area contributed by atoms with Crippen LogP contribution in [0.5, 0.6) is 0 Å². The van der Waals surface area contributed by atoms with Crippen molar-refractivity contribution in [3.05, 3.63) is 29.5 Å². The van der Waals surface area contributed by atoms with Crippen LogP contribution in [0.1, 0.15) is 66.4 Å². The van der Waals surface area contributed by atoms with E-state index >= 15 is 0 Å². The van der Waals surface area contributed by atoms with Gasteiger partial charge in [0, 0.05) is 24.9 Å². The summed E-state index contributed by atoms with van der Waals surface area (Å²) in [5.41, 5.74) is 0.646. The zero-order chi connectivity index (χ0) is 16.8. The van der Waals surface area contributed by atoms with Crippen LogP contribution in [0.15, 0.2) is 10.8 Å². The van der Waals surface area contributed by atoms with Crippen LogP contribution in [0.2, 0.25) is 0 Å². The monoisotopic (exact) mass is 329 g/mol. The molecule has 2 aliphatic rings. The van der Waals surface area contributed by atoms with Crippen LogP contribution in [-0.4, -0.2) is 44.1 Å². The van der Waals surface area contributed by atoms with E-state index in [1.807, 2.05) is 4.90 Å². The minimum absolute atomic E-state index is 0.0678. The van der Waals surface area contributed by atoms with Gasteiger partial charge in [0.15, 0.2) is 12.2 Å². The maximum absolute atomic E-state index is 12.8. The molecule has 0 bridgehead atoms. The number of aromatic nitrogens is 4. The summed E-state index contributed by atoms with van der Waals surface area (Å²) in [5, 5.41) is 7.45. The number of aryl methyl sites for hydroxylation is 1. The van der Waals surface area contributed by atoms with Crippen LogP contribution < -0.4 is 0 Å². The molecule has 128 valence electrons. The minimum atomic E-state index is -0.0678. The van der Waals surface area contributed by atoms with Gasteiger partial charge in [-0.25, -0.2) is 9.97 Å². The van der Waals surface area contributed by atoms with Crippen LogP contribution in [0.25, 0.3) is 0 Å². The van der Waals surface area contributed by atoms with E-state index in [1.54, 1.807) is 6.92 Å². The van der Waals surface area contributed by atoms with Crippen molar-refractivity contribution in [2.75, 3.05) is 13.1 Å². The summed E-state index contributed by atoms with van der Waals surface area (Å²) in [7, 11) is 0. The molecule has 4 rings (SSSR count). The second-order valence-electron chi connectivity index (χ2n) is 7.32. The fourth-order valence-corrected chi connectivity index (χ4v) is 3.65. The SMILES string of the molecule is Cc1ncoc1C(=O)N1C[C@H](c2nc(C(C)C)n[nH]2)[C@@H](C2CC2)C1.